The second-order valence-corrected chi connectivity index (χ2v) is 10.6. The van der Waals surface area contributed by atoms with Crippen LogP contribution >= 0.6 is 15.9 Å². The summed E-state index contributed by atoms with van der Waals surface area (Å²) < 4.78 is 6.47. The molecule has 0 radical (unpaired) electrons. The number of benzene rings is 2. The standard InChI is InChI=1S/C27H33BrN4O2/c1-17(2)25(23-9-8-18(3)14-19(23)4)30-27(33)20-10-12-32(13-11-20)16-24-29-26(31-34-24)21-6-5-7-22(28)15-21/h5-9,14-15,17,20,25H,10-13,16H2,1-4H3,(H,30,33). The predicted octanol–water partition coefficient (Wildman–Crippen LogP) is 5.84. The number of aromatic nitrogens is 2. The van der Waals surface area contributed by atoms with Gasteiger partial charge >= 0.3 is 0 Å². The van der Waals surface area contributed by atoms with Crippen LogP contribution in [0.1, 0.15) is 55.3 Å². The lowest BCUT2D eigenvalue weighted by Crippen LogP contribution is -2.42. The van der Waals surface area contributed by atoms with E-state index in [9.17, 15) is 4.79 Å². The van der Waals surface area contributed by atoms with Crippen molar-refractivity contribution in [1.82, 2.24) is 20.4 Å². The molecule has 7 heteroatoms. The lowest BCUT2D eigenvalue weighted by molar-refractivity contribution is -0.127. The van der Waals surface area contributed by atoms with E-state index in [1.165, 1.54) is 16.7 Å². The lowest BCUT2D eigenvalue weighted by Gasteiger charge is -2.32. The van der Waals surface area contributed by atoms with Gasteiger partial charge in [0.25, 0.3) is 0 Å². The van der Waals surface area contributed by atoms with Crippen molar-refractivity contribution in [3.8, 4) is 11.4 Å². The average molecular weight is 525 g/mol. The zero-order valence-corrected chi connectivity index (χ0v) is 21.9. The van der Waals surface area contributed by atoms with Crippen LogP contribution in [0.4, 0.5) is 0 Å². The van der Waals surface area contributed by atoms with Crippen LogP contribution < -0.4 is 5.32 Å². The van der Waals surface area contributed by atoms with E-state index in [-0.39, 0.29) is 17.9 Å². The summed E-state index contributed by atoms with van der Waals surface area (Å²) >= 11 is 3.48. The number of likely N-dealkylation sites (tertiary alicyclic amines) is 1. The van der Waals surface area contributed by atoms with Gasteiger partial charge in [-0.2, -0.15) is 4.98 Å². The van der Waals surface area contributed by atoms with E-state index in [0.717, 1.165) is 36.0 Å². The molecule has 0 spiro atoms. The van der Waals surface area contributed by atoms with E-state index >= 15 is 0 Å². The van der Waals surface area contributed by atoms with Crippen LogP contribution in [0.15, 0.2) is 51.5 Å². The van der Waals surface area contributed by atoms with E-state index in [2.05, 4.69) is 82.2 Å². The first-order chi connectivity index (χ1) is 16.3. The maximum atomic E-state index is 13.1. The quantitative estimate of drug-likeness (QED) is 0.420. The summed E-state index contributed by atoms with van der Waals surface area (Å²) in [5.41, 5.74) is 4.61. The number of piperidine rings is 1. The molecule has 6 nitrogen and oxygen atoms in total. The number of aryl methyl sites for hydroxylation is 2. The highest BCUT2D eigenvalue weighted by Crippen LogP contribution is 2.28. The number of carbonyl (C=O) groups is 1. The van der Waals surface area contributed by atoms with Gasteiger partial charge in [0, 0.05) is 16.0 Å². The van der Waals surface area contributed by atoms with E-state index < -0.39 is 0 Å². The topological polar surface area (TPSA) is 71.3 Å². The number of halogens is 1. The third-order valence-electron chi connectivity index (χ3n) is 6.59. The third-order valence-corrected chi connectivity index (χ3v) is 7.09. The molecule has 2 heterocycles. The average Bonchev–Trinajstić information content (AvgIpc) is 3.27. The Bertz CT molecular complexity index is 1140. The molecule has 0 saturated carbocycles. The van der Waals surface area contributed by atoms with E-state index in [0.29, 0.717) is 24.2 Å². The largest absolute Gasteiger partial charge is 0.349 e. The first kappa shape index (κ1) is 24.6. The van der Waals surface area contributed by atoms with Gasteiger partial charge in [0.2, 0.25) is 17.6 Å². The Kier molecular flexibility index (Phi) is 7.84. The molecule has 1 atom stereocenters. The fourth-order valence-electron chi connectivity index (χ4n) is 4.66. The fraction of sp³-hybridized carbons (Fsp3) is 0.444. The van der Waals surface area contributed by atoms with E-state index in [4.69, 9.17) is 4.52 Å². The summed E-state index contributed by atoms with van der Waals surface area (Å²) in [6.07, 6.45) is 1.66. The highest BCUT2D eigenvalue weighted by molar-refractivity contribution is 9.10. The van der Waals surface area contributed by atoms with Crippen LogP contribution in [-0.2, 0) is 11.3 Å². The van der Waals surface area contributed by atoms with Gasteiger partial charge in [0.1, 0.15) is 0 Å². The van der Waals surface area contributed by atoms with Gasteiger partial charge in [0.05, 0.1) is 12.6 Å². The predicted molar refractivity (Wildman–Crippen MR) is 137 cm³/mol. The monoisotopic (exact) mass is 524 g/mol. The molecule has 1 aliphatic heterocycles. The minimum atomic E-state index is 0.0287. The second kappa shape index (κ2) is 10.8. The molecule has 0 bridgehead atoms. The summed E-state index contributed by atoms with van der Waals surface area (Å²) in [4.78, 5) is 20.0. The second-order valence-electron chi connectivity index (χ2n) is 9.66. The Morgan fingerprint density at radius 1 is 1.18 bits per heavy atom. The summed E-state index contributed by atoms with van der Waals surface area (Å²) in [5.74, 6) is 1.71. The van der Waals surface area contributed by atoms with Gasteiger partial charge in [-0.15, -0.1) is 0 Å². The molecule has 1 aromatic heterocycles. The minimum absolute atomic E-state index is 0.0287. The van der Waals surface area contributed by atoms with Crippen molar-refractivity contribution in [2.24, 2.45) is 11.8 Å². The Labute approximate surface area is 210 Å². The number of hydrogen-bond acceptors (Lipinski definition) is 5. The number of carbonyl (C=O) groups excluding carboxylic acids is 1. The molecule has 1 N–H and O–H groups in total. The molecule has 4 rings (SSSR count). The first-order valence-electron chi connectivity index (χ1n) is 12.0. The Balaban J connectivity index is 1.32. The molecule has 1 saturated heterocycles. The van der Waals surface area contributed by atoms with Crippen molar-refractivity contribution in [1.29, 1.82) is 0 Å². The fourth-order valence-corrected chi connectivity index (χ4v) is 5.06. The highest BCUT2D eigenvalue weighted by Gasteiger charge is 2.29. The molecule has 34 heavy (non-hydrogen) atoms. The van der Waals surface area contributed by atoms with Crippen LogP contribution in [0.2, 0.25) is 0 Å². The highest BCUT2D eigenvalue weighted by atomic mass is 79.9. The Hall–Kier alpha value is -2.51. The summed E-state index contributed by atoms with van der Waals surface area (Å²) in [6.45, 7) is 10.8. The molecule has 2 aromatic carbocycles. The SMILES string of the molecule is Cc1ccc(C(NC(=O)C2CCN(Cc3nc(-c4cccc(Br)c4)no3)CC2)C(C)C)c(C)c1. The smallest absolute Gasteiger partial charge is 0.241 e. The van der Waals surface area contributed by atoms with E-state index in [1.807, 2.05) is 24.3 Å². The van der Waals surface area contributed by atoms with Gasteiger partial charge < -0.3 is 9.84 Å². The van der Waals surface area contributed by atoms with Crippen LogP contribution in [0.25, 0.3) is 11.4 Å². The maximum absolute atomic E-state index is 13.1. The van der Waals surface area contributed by atoms with Crippen LogP contribution in [0.5, 0.6) is 0 Å². The molecular weight excluding hydrogens is 492 g/mol. The molecule has 0 aliphatic carbocycles. The molecule has 1 aliphatic rings. The first-order valence-corrected chi connectivity index (χ1v) is 12.8. The van der Waals surface area contributed by atoms with Crippen molar-refractivity contribution in [2.75, 3.05) is 13.1 Å². The van der Waals surface area contributed by atoms with Crippen LogP contribution in [0, 0.1) is 25.7 Å². The van der Waals surface area contributed by atoms with Crippen molar-refractivity contribution >= 4 is 21.8 Å². The van der Waals surface area contributed by atoms with Crippen molar-refractivity contribution in [3.05, 3.63) is 69.5 Å². The third kappa shape index (κ3) is 5.94. The number of hydrogen-bond donors (Lipinski definition) is 1. The number of amides is 1. The van der Waals surface area contributed by atoms with Crippen molar-refractivity contribution in [2.45, 2.75) is 53.1 Å². The van der Waals surface area contributed by atoms with Gasteiger partial charge in [-0.3, -0.25) is 9.69 Å². The summed E-state index contributed by atoms with van der Waals surface area (Å²) in [7, 11) is 0. The number of nitrogens with zero attached hydrogens (tertiary/aromatic N) is 3. The lowest BCUT2D eigenvalue weighted by atomic mass is 9.90. The minimum Gasteiger partial charge on any atom is -0.349 e. The van der Waals surface area contributed by atoms with Gasteiger partial charge in [-0.25, -0.2) is 0 Å². The summed E-state index contributed by atoms with van der Waals surface area (Å²) in [5, 5.41) is 7.48. The van der Waals surface area contributed by atoms with Crippen LogP contribution in [-0.4, -0.2) is 34.0 Å². The van der Waals surface area contributed by atoms with Gasteiger partial charge in [0.15, 0.2) is 0 Å². The normalized spacial score (nSPS) is 16.1. The molecular formula is C27H33BrN4O2. The van der Waals surface area contributed by atoms with Gasteiger partial charge in [-0.1, -0.05) is 70.8 Å². The maximum Gasteiger partial charge on any atom is 0.241 e. The molecule has 3 aromatic rings. The zero-order valence-electron chi connectivity index (χ0n) is 20.3. The molecule has 1 fully saturated rings. The van der Waals surface area contributed by atoms with Crippen LogP contribution in [0.3, 0.4) is 0 Å². The number of nitrogens with one attached hydrogen (secondary N) is 1. The molecule has 180 valence electrons. The Morgan fingerprint density at radius 3 is 2.62 bits per heavy atom. The van der Waals surface area contributed by atoms with E-state index in [1.54, 1.807) is 0 Å². The zero-order chi connectivity index (χ0) is 24.2. The number of rotatable bonds is 7. The Morgan fingerprint density at radius 2 is 1.94 bits per heavy atom. The molecule has 1 amide bonds. The van der Waals surface area contributed by atoms with Crippen molar-refractivity contribution in [3.63, 3.8) is 0 Å². The van der Waals surface area contributed by atoms with Crippen molar-refractivity contribution < 1.29 is 9.32 Å². The summed E-state index contributed by atoms with van der Waals surface area (Å²) in [6, 6.07) is 14.4. The molecule has 1 unspecified atom stereocenters. The van der Waals surface area contributed by atoms with Gasteiger partial charge in [-0.05, 0) is 69.0 Å².